The van der Waals surface area contributed by atoms with Gasteiger partial charge in [-0.1, -0.05) is 27.5 Å². The number of anilines is 1. The highest BCUT2D eigenvalue weighted by atomic mass is 79.9. The minimum absolute atomic E-state index is 0.279. The van der Waals surface area contributed by atoms with Crippen molar-refractivity contribution >= 4 is 45.0 Å². The molecule has 3 N–H and O–H groups in total. The van der Waals surface area contributed by atoms with Crippen molar-refractivity contribution in [3.05, 3.63) is 96.1 Å². The number of H-pyrrole nitrogens is 1. The van der Waals surface area contributed by atoms with E-state index in [0.717, 1.165) is 0 Å². The van der Waals surface area contributed by atoms with Crippen LogP contribution in [0.5, 0.6) is 0 Å². The summed E-state index contributed by atoms with van der Waals surface area (Å²) in [5.74, 6) is -1.33. The van der Waals surface area contributed by atoms with E-state index >= 15 is 0 Å². The van der Waals surface area contributed by atoms with Crippen molar-refractivity contribution in [3.8, 4) is 0 Å². The lowest BCUT2D eigenvalue weighted by atomic mass is 9.96. The zero-order chi connectivity index (χ0) is 21.6. The average Bonchev–Trinajstić information content (AvgIpc) is 3.00. The van der Waals surface area contributed by atoms with E-state index in [1.165, 1.54) is 30.5 Å². The molecule has 0 saturated carbocycles. The van der Waals surface area contributed by atoms with Gasteiger partial charge in [-0.15, -0.1) is 0 Å². The number of benzene rings is 2. The quantitative estimate of drug-likeness (QED) is 0.511. The molecule has 2 aromatic carbocycles. The fourth-order valence-electron chi connectivity index (χ4n) is 3.48. The molecule has 0 fully saturated rings. The molecule has 0 aliphatic carbocycles. The fraction of sp³-hybridized carbons (Fsp3) is 0.0952. The number of pyridine rings is 1. The van der Waals surface area contributed by atoms with Gasteiger partial charge in [0.15, 0.2) is 0 Å². The first-order valence-electron chi connectivity index (χ1n) is 8.84. The minimum atomic E-state index is -0.740. The minimum Gasteiger partial charge on any atom is -0.341 e. The number of aromatic amines is 1. The molecule has 2 amide bonds. The molecule has 1 aliphatic rings. The van der Waals surface area contributed by atoms with Crippen LogP contribution in [0.3, 0.4) is 0 Å². The number of carbonyl (C=O) groups is 2. The lowest BCUT2D eigenvalue weighted by Gasteiger charge is -2.18. The van der Waals surface area contributed by atoms with E-state index in [4.69, 9.17) is 11.6 Å². The van der Waals surface area contributed by atoms with Crippen LogP contribution in [-0.2, 0) is 0 Å². The number of fused-ring (bicyclic) bond motifs is 1. The number of hydrogen-bond acceptors (Lipinski definition) is 3. The Bertz CT molecular complexity index is 1270. The van der Waals surface area contributed by atoms with E-state index < -0.39 is 17.8 Å². The van der Waals surface area contributed by atoms with E-state index in [-0.39, 0.29) is 22.1 Å². The zero-order valence-electron chi connectivity index (χ0n) is 15.5. The van der Waals surface area contributed by atoms with Crippen LogP contribution in [0.25, 0.3) is 0 Å². The van der Waals surface area contributed by atoms with Crippen LogP contribution in [0, 0.1) is 12.7 Å². The maximum Gasteiger partial charge on any atom is 0.257 e. The standard InChI is InChI=1S/C21H14BrClFN3O3/c1-9-4-17(28)25-8-14(9)21(30)26-16-6-10(22)5-13-18(16)19(27-20(13)29)12-7-11(24)2-3-15(12)23/h2-8,19H,1H3,(H,25,28)(H,26,30)(H,27,29)/t19-/m1/s1. The summed E-state index contributed by atoms with van der Waals surface area (Å²) in [4.78, 5) is 39.3. The number of halogens is 3. The Balaban J connectivity index is 1.82. The number of hydrogen-bond donors (Lipinski definition) is 3. The van der Waals surface area contributed by atoms with Crippen molar-refractivity contribution in [2.45, 2.75) is 13.0 Å². The number of aryl methyl sites for hydroxylation is 1. The molecule has 9 heteroatoms. The topological polar surface area (TPSA) is 91.1 Å². The summed E-state index contributed by atoms with van der Waals surface area (Å²) in [5, 5.41) is 5.87. The molecule has 152 valence electrons. The SMILES string of the molecule is Cc1cc(=O)[nH]cc1C(=O)Nc1cc(Br)cc2c1[C@@H](c1cc(F)ccc1Cl)NC2=O. The number of carbonyl (C=O) groups excluding carboxylic acids is 2. The molecular weight excluding hydrogens is 477 g/mol. The van der Waals surface area contributed by atoms with E-state index in [2.05, 4.69) is 31.5 Å². The van der Waals surface area contributed by atoms with Gasteiger partial charge in [-0.3, -0.25) is 14.4 Å². The molecule has 0 radical (unpaired) electrons. The van der Waals surface area contributed by atoms with Gasteiger partial charge in [-0.25, -0.2) is 4.39 Å². The van der Waals surface area contributed by atoms with Crippen molar-refractivity contribution < 1.29 is 14.0 Å². The molecule has 2 heterocycles. The molecule has 0 unspecified atom stereocenters. The molecule has 30 heavy (non-hydrogen) atoms. The predicted molar refractivity (Wildman–Crippen MR) is 115 cm³/mol. The third-order valence-corrected chi connectivity index (χ3v) is 5.65. The van der Waals surface area contributed by atoms with Gasteiger partial charge in [0.2, 0.25) is 5.56 Å². The Morgan fingerprint density at radius 2 is 1.97 bits per heavy atom. The molecule has 1 aliphatic heterocycles. The Labute approximate surface area is 183 Å². The van der Waals surface area contributed by atoms with Gasteiger partial charge >= 0.3 is 0 Å². The van der Waals surface area contributed by atoms with Crippen LogP contribution in [0.1, 0.15) is 43.4 Å². The van der Waals surface area contributed by atoms with E-state index in [9.17, 15) is 18.8 Å². The van der Waals surface area contributed by atoms with Gasteiger partial charge in [-0.2, -0.15) is 0 Å². The maximum absolute atomic E-state index is 13.9. The second-order valence-corrected chi connectivity index (χ2v) is 8.16. The van der Waals surface area contributed by atoms with E-state index in [1.807, 2.05) is 0 Å². The third-order valence-electron chi connectivity index (χ3n) is 4.85. The predicted octanol–water partition coefficient (Wildman–Crippen LogP) is 4.32. The van der Waals surface area contributed by atoms with Gasteiger partial charge in [0.05, 0.1) is 11.6 Å². The van der Waals surface area contributed by atoms with Gasteiger partial charge < -0.3 is 15.6 Å². The molecule has 0 bridgehead atoms. The van der Waals surface area contributed by atoms with Gasteiger partial charge in [0.25, 0.3) is 11.8 Å². The second-order valence-electron chi connectivity index (χ2n) is 6.83. The van der Waals surface area contributed by atoms with Crippen LogP contribution < -0.4 is 16.2 Å². The maximum atomic E-state index is 13.9. The lowest BCUT2D eigenvalue weighted by molar-refractivity contribution is 0.0959. The molecule has 0 saturated heterocycles. The van der Waals surface area contributed by atoms with Crippen molar-refractivity contribution in [1.29, 1.82) is 0 Å². The van der Waals surface area contributed by atoms with E-state index in [1.54, 1.807) is 19.1 Å². The highest BCUT2D eigenvalue weighted by Crippen LogP contribution is 2.41. The van der Waals surface area contributed by atoms with Crippen molar-refractivity contribution in [1.82, 2.24) is 10.3 Å². The Morgan fingerprint density at radius 3 is 2.70 bits per heavy atom. The Morgan fingerprint density at radius 1 is 1.20 bits per heavy atom. The molecule has 4 rings (SSSR count). The first kappa shape index (κ1) is 20.3. The lowest BCUT2D eigenvalue weighted by Crippen LogP contribution is -2.21. The Hall–Kier alpha value is -2.97. The summed E-state index contributed by atoms with van der Waals surface area (Å²) >= 11 is 9.61. The molecule has 0 spiro atoms. The summed E-state index contributed by atoms with van der Waals surface area (Å²) in [7, 11) is 0. The summed E-state index contributed by atoms with van der Waals surface area (Å²) < 4.78 is 14.4. The molecule has 6 nitrogen and oxygen atoms in total. The largest absolute Gasteiger partial charge is 0.341 e. The Kier molecular flexibility index (Phi) is 5.21. The van der Waals surface area contributed by atoms with Crippen LogP contribution in [0.15, 0.2) is 51.9 Å². The van der Waals surface area contributed by atoms with Crippen LogP contribution in [0.2, 0.25) is 5.02 Å². The van der Waals surface area contributed by atoms with Crippen molar-refractivity contribution in [2.24, 2.45) is 0 Å². The molecule has 1 atom stereocenters. The number of aromatic nitrogens is 1. The third kappa shape index (κ3) is 3.64. The fourth-order valence-corrected chi connectivity index (χ4v) is 4.16. The first-order valence-corrected chi connectivity index (χ1v) is 10.0. The monoisotopic (exact) mass is 489 g/mol. The summed E-state index contributed by atoms with van der Waals surface area (Å²) in [6.07, 6.45) is 1.33. The smallest absolute Gasteiger partial charge is 0.257 e. The summed E-state index contributed by atoms with van der Waals surface area (Å²) in [5.41, 5.74) is 2.01. The van der Waals surface area contributed by atoms with Crippen LogP contribution in [0.4, 0.5) is 10.1 Å². The zero-order valence-corrected chi connectivity index (χ0v) is 17.8. The van der Waals surface area contributed by atoms with Crippen molar-refractivity contribution in [3.63, 3.8) is 0 Å². The van der Waals surface area contributed by atoms with Gasteiger partial charge in [0, 0.05) is 44.1 Å². The van der Waals surface area contributed by atoms with E-state index in [0.29, 0.717) is 32.4 Å². The van der Waals surface area contributed by atoms with Crippen LogP contribution >= 0.6 is 27.5 Å². The normalized spacial score (nSPS) is 14.9. The highest BCUT2D eigenvalue weighted by molar-refractivity contribution is 9.10. The molecule has 1 aromatic heterocycles. The molecular formula is C21H14BrClFN3O3. The number of rotatable bonds is 3. The summed E-state index contributed by atoms with van der Waals surface area (Å²) in [6.45, 7) is 1.65. The average molecular weight is 491 g/mol. The number of nitrogens with one attached hydrogen (secondary N) is 3. The summed E-state index contributed by atoms with van der Waals surface area (Å²) in [6, 6.07) is 7.75. The van der Waals surface area contributed by atoms with Crippen molar-refractivity contribution in [2.75, 3.05) is 5.32 Å². The second kappa shape index (κ2) is 7.70. The van der Waals surface area contributed by atoms with Crippen LogP contribution in [-0.4, -0.2) is 16.8 Å². The van der Waals surface area contributed by atoms with Gasteiger partial charge in [0.1, 0.15) is 5.82 Å². The first-order chi connectivity index (χ1) is 14.2. The molecule has 3 aromatic rings. The van der Waals surface area contributed by atoms with Gasteiger partial charge in [-0.05, 0) is 42.8 Å². The highest BCUT2D eigenvalue weighted by Gasteiger charge is 2.34. The number of amides is 2.